The summed E-state index contributed by atoms with van der Waals surface area (Å²) in [6, 6.07) is 4.50. The molecule has 0 aliphatic heterocycles. The van der Waals surface area contributed by atoms with Crippen LogP contribution < -0.4 is 21.7 Å². The van der Waals surface area contributed by atoms with Crippen LogP contribution in [-0.2, 0) is 33.7 Å². The van der Waals surface area contributed by atoms with Crippen LogP contribution in [0.25, 0.3) is 0 Å². The average Bonchev–Trinajstić information content (AvgIpc) is 2.69. The fourth-order valence-corrected chi connectivity index (χ4v) is 3.56. The number of rotatable bonds is 7. The molecule has 1 aromatic heterocycles. The van der Waals surface area contributed by atoms with Crippen molar-refractivity contribution in [3.63, 3.8) is 0 Å². The van der Waals surface area contributed by atoms with Gasteiger partial charge in [-0.1, -0.05) is 6.07 Å². The second-order valence-electron chi connectivity index (χ2n) is 6.62. The smallest absolute Gasteiger partial charge is 0.332 e. The van der Waals surface area contributed by atoms with Crippen LogP contribution in [0.1, 0.15) is 21.5 Å². The number of nitrogens with zero attached hydrogens (tertiary/aromatic N) is 2. The summed E-state index contributed by atoms with van der Waals surface area (Å²) in [6.45, 7) is 2.02. The summed E-state index contributed by atoms with van der Waals surface area (Å²) in [4.78, 5) is 48.0. The number of ether oxygens (including phenoxy) is 1. The summed E-state index contributed by atoms with van der Waals surface area (Å²) in [7, 11) is -1.51. The SMILES string of the molecule is Cc1ccc(S(=O)(=O)NCC(=O)OCC(=O)c2c(N)n(C)c(=O)n(C)c2=O)cc1C. The van der Waals surface area contributed by atoms with Gasteiger partial charge in [-0.05, 0) is 37.1 Å². The van der Waals surface area contributed by atoms with Crippen LogP contribution in [0.5, 0.6) is 0 Å². The van der Waals surface area contributed by atoms with Crippen LogP contribution in [0.3, 0.4) is 0 Å². The first-order chi connectivity index (χ1) is 13.9. The van der Waals surface area contributed by atoms with Gasteiger partial charge in [0.05, 0.1) is 4.90 Å². The van der Waals surface area contributed by atoms with Gasteiger partial charge in [0.1, 0.15) is 17.9 Å². The number of sulfonamides is 1. The Kier molecular flexibility index (Phi) is 6.63. The molecule has 0 spiro atoms. The monoisotopic (exact) mass is 438 g/mol. The lowest BCUT2D eigenvalue weighted by molar-refractivity contribution is -0.141. The minimum absolute atomic E-state index is 0.0176. The molecule has 3 N–H and O–H groups in total. The molecular formula is C18H22N4O7S. The number of carbonyl (C=O) groups excluding carboxylic acids is 2. The van der Waals surface area contributed by atoms with Gasteiger partial charge >= 0.3 is 11.7 Å². The van der Waals surface area contributed by atoms with E-state index in [9.17, 15) is 27.6 Å². The number of nitrogens with two attached hydrogens (primary N) is 1. The minimum atomic E-state index is -3.96. The number of nitrogens with one attached hydrogen (secondary N) is 1. The number of ketones is 1. The van der Waals surface area contributed by atoms with Crippen molar-refractivity contribution in [3.05, 3.63) is 55.7 Å². The van der Waals surface area contributed by atoms with Crippen LogP contribution in [0.4, 0.5) is 5.82 Å². The maximum Gasteiger partial charge on any atom is 0.332 e. The molecule has 1 aromatic carbocycles. The molecule has 0 amide bonds. The van der Waals surface area contributed by atoms with E-state index in [0.29, 0.717) is 4.57 Å². The predicted octanol–water partition coefficient (Wildman–Crippen LogP) is -1.01. The fourth-order valence-electron chi connectivity index (χ4n) is 2.51. The maximum absolute atomic E-state index is 12.3. The van der Waals surface area contributed by atoms with Crippen LogP contribution >= 0.6 is 0 Å². The van der Waals surface area contributed by atoms with Crippen molar-refractivity contribution < 1.29 is 22.7 Å². The first-order valence-electron chi connectivity index (χ1n) is 8.68. The maximum atomic E-state index is 12.3. The third-order valence-corrected chi connectivity index (χ3v) is 5.95. The summed E-state index contributed by atoms with van der Waals surface area (Å²) in [5, 5.41) is 0. The molecule has 30 heavy (non-hydrogen) atoms. The Labute approximate surface area is 172 Å². The van der Waals surface area contributed by atoms with Crippen molar-refractivity contribution >= 4 is 27.6 Å². The lowest BCUT2D eigenvalue weighted by Crippen LogP contribution is -2.42. The van der Waals surface area contributed by atoms with E-state index in [4.69, 9.17) is 10.5 Å². The summed E-state index contributed by atoms with van der Waals surface area (Å²) in [5.74, 6) is -2.32. The highest BCUT2D eigenvalue weighted by molar-refractivity contribution is 7.89. The Bertz CT molecular complexity index is 1240. The third kappa shape index (κ3) is 4.66. The van der Waals surface area contributed by atoms with Crippen LogP contribution in [-0.4, -0.2) is 42.5 Å². The molecule has 0 radical (unpaired) electrons. The zero-order chi connectivity index (χ0) is 22.8. The molecule has 2 aromatic rings. The van der Waals surface area contributed by atoms with E-state index in [2.05, 4.69) is 4.72 Å². The molecule has 0 saturated heterocycles. The molecule has 1 heterocycles. The van der Waals surface area contributed by atoms with Crippen LogP contribution in [0.15, 0.2) is 32.7 Å². The van der Waals surface area contributed by atoms with E-state index < -0.39 is 51.7 Å². The van der Waals surface area contributed by atoms with Gasteiger partial charge in [-0.3, -0.25) is 23.5 Å². The van der Waals surface area contributed by atoms with Crippen molar-refractivity contribution in [1.29, 1.82) is 0 Å². The Morgan fingerprint density at radius 1 is 1.10 bits per heavy atom. The molecule has 0 aliphatic rings. The van der Waals surface area contributed by atoms with Crippen LogP contribution in [0, 0.1) is 13.8 Å². The molecule has 0 saturated carbocycles. The summed E-state index contributed by atoms with van der Waals surface area (Å²) in [6.07, 6.45) is 0. The average molecular weight is 438 g/mol. The largest absolute Gasteiger partial charge is 0.456 e. The summed E-state index contributed by atoms with van der Waals surface area (Å²) < 4.78 is 33.0. The van der Waals surface area contributed by atoms with E-state index in [1.54, 1.807) is 13.0 Å². The number of aromatic nitrogens is 2. The highest BCUT2D eigenvalue weighted by Gasteiger charge is 2.22. The van der Waals surface area contributed by atoms with Crippen molar-refractivity contribution in [1.82, 2.24) is 13.9 Å². The lowest BCUT2D eigenvalue weighted by Gasteiger charge is -2.11. The van der Waals surface area contributed by atoms with Crippen molar-refractivity contribution in [3.8, 4) is 0 Å². The Morgan fingerprint density at radius 3 is 2.33 bits per heavy atom. The van der Waals surface area contributed by atoms with Gasteiger partial charge in [0.15, 0.2) is 6.61 Å². The molecule has 2 rings (SSSR count). The van der Waals surface area contributed by atoms with Gasteiger partial charge in [-0.25, -0.2) is 13.2 Å². The number of Topliss-reactive ketones (excluding diaryl/α,β-unsaturated/α-hetero) is 1. The first-order valence-corrected chi connectivity index (χ1v) is 10.2. The third-order valence-electron chi connectivity index (χ3n) is 4.55. The molecule has 0 aliphatic carbocycles. The minimum Gasteiger partial charge on any atom is -0.456 e. The standard InChI is InChI=1S/C18H22N4O7S/c1-10-5-6-12(7-11(10)2)30(27,28)20-8-14(24)29-9-13(23)15-16(19)21(3)18(26)22(4)17(15)25/h5-7,20H,8-9,19H2,1-4H3. The van der Waals surface area contributed by atoms with Crippen molar-refractivity contribution in [2.24, 2.45) is 14.1 Å². The highest BCUT2D eigenvalue weighted by Crippen LogP contribution is 2.14. The summed E-state index contributed by atoms with van der Waals surface area (Å²) in [5.41, 5.74) is 5.20. The number of aryl methyl sites for hydroxylation is 2. The number of hydrogen-bond acceptors (Lipinski definition) is 8. The Balaban J connectivity index is 2.05. The van der Waals surface area contributed by atoms with E-state index >= 15 is 0 Å². The van der Waals surface area contributed by atoms with Gasteiger partial charge in [0.25, 0.3) is 5.56 Å². The fraction of sp³-hybridized carbons (Fsp3) is 0.333. The number of benzene rings is 1. The second kappa shape index (κ2) is 8.63. The van der Waals surface area contributed by atoms with E-state index in [-0.39, 0.29) is 10.7 Å². The van der Waals surface area contributed by atoms with E-state index in [0.717, 1.165) is 15.7 Å². The Morgan fingerprint density at radius 2 is 1.73 bits per heavy atom. The van der Waals surface area contributed by atoms with Crippen LogP contribution in [0.2, 0.25) is 0 Å². The number of hydrogen-bond donors (Lipinski definition) is 2. The molecule has 11 nitrogen and oxygen atoms in total. The zero-order valence-electron chi connectivity index (χ0n) is 16.9. The topological polar surface area (TPSA) is 160 Å². The normalized spacial score (nSPS) is 11.3. The summed E-state index contributed by atoms with van der Waals surface area (Å²) >= 11 is 0. The van der Waals surface area contributed by atoms with Gasteiger partial charge in [0, 0.05) is 14.1 Å². The molecule has 0 atom stereocenters. The van der Waals surface area contributed by atoms with Gasteiger partial charge < -0.3 is 10.5 Å². The number of carbonyl (C=O) groups is 2. The zero-order valence-corrected chi connectivity index (χ0v) is 17.7. The molecular weight excluding hydrogens is 416 g/mol. The number of nitrogen functional groups attached to an aromatic ring is 1. The molecule has 0 bridgehead atoms. The lowest BCUT2D eigenvalue weighted by atomic mass is 10.1. The van der Waals surface area contributed by atoms with Crippen molar-refractivity contribution in [2.75, 3.05) is 18.9 Å². The first kappa shape index (κ1) is 23.0. The molecule has 12 heteroatoms. The second-order valence-corrected chi connectivity index (χ2v) is 8.39. The Hall–Kier alpha value is -3.25. The quantitative estimate of drug-likeness (QED) is 0.411. The van der Waals surface area contributed by atoms with E-state index in [1.807, 2.05) is 6.92 Å². The molecule has 0 fully saturated rings. The van der Waals surface area contributed by atoms with E-state index in [1.165, 1.54) is 26.2 Å². The molecule has 162 valence electrons. The number of esters is 1. The predicted molar refractivity (Wildman–Crippen MR) is 108 cm³/mol. The molecule has 0 unspecified atom stereocenters. The van der Waals surface area contributed by atoms with Crippen molar-refractivity contribution in [2.45, 2.75) is 18.7 Å². The number of anilines is 1. The van der Waals surface area contributed by atoms with Gasteiger partial charge in [-0.2, -0.15) is 4.72 Å². The highest BCUT2D eigenvalue weighted by atomic mass is 32.2. The van der Waals surface area contributed by atoms with Gasteiger partial charge in [0.2, 0.25) is 15.8 Å². The van der Waals surface area contributed by atoms with Gasteiger partial charge in [-0.15, -0.1) is 0 Å².